The monoisotopic (exact) mass is 413 g/mol. The normalized spacial score (nSPS) is 11.1. The number of nitrogens with one attached hydrogen (secondary N) is 1. The fourth-order valence-electron chi connectivity index (χ4n) is 3.42. The highest BCUT2D eigenvalue weighted by atomic mass is 32.1. The van der Waals surface area contributed by atoms with Crippen molar-refractivity contribution in [2.75, 3.05) is 7.11 Å². The standard InChI is InChI=1S/C24H19N3O2S/c1-29-19-10-7-17(8-11-19)20-15-27-21-12-9-18(13-22(21)30-24(27)26-20)23(28)25-14-16-5-3-2-4-6-16/h2-13,15H,14H2,1H3,(H,25,28). The van der Waals surface area contributed by atoms with Crippen molar-refractivity contribution in [2.45, 2.75) is 6.54 Å². The van der Waals surface area contributed by atoms with Crippen LogP contribution in [0.15, 0.2) is 79.0 Å². The van der Waals surface area contributed by atoms with Crippen LogP contribution in [0.25, 0.3) is 26.4 Å². The Morgan fingerprint density at radius 1 is 1.07 bits per heavy atom. The van der Waals surface area contributed by atoms with Gasteiger partial charge in [-0.15, -0.1) is 0 Å². The van der Waals surface area contributed by atoms with E-state index in [1.54, 1.807) is 18.4 Å². The van der Waals surface area contributed by atoms with Crippen LogP contribution in [0.2, 0.25) is 0 Å². The summed E-state index contributed by atoms with van der Waals surface area (Å²) in [5.74, 6) is 0.744. The van der Waals surface area contributed by atoms with Gasteiger partial charge in [-0.3, -0.25) is 9.20 Å². The fraction of sp³-hybridized carbons (Fsp3) is 0.0833. The van der Waals surface area contributed by atoms with Gasteiger partial charge in [-0.05, 0) is 48.0 Å². The third kappa shape index (κ3) is 3.42. The third-order valence-corrected chi connectivity index (χ3v) is 6.06. The summed E-state index contributed by atoms with van der Waals surface area (Å²) in [4.78, 5) is 18.2. The molecule has 2 heterocycles. The summed E-state index contributed by atoms with van der Waals surface area (Å²) in [6.45, 7) is 0.511. The first kappa shape index (κ1) is 18.4. The molecule has 0 unspecified atom stereocenters. The summed E-state index contributed by atoms with van der Waals surface area (Å²) in [7, 11) is 1.66. The Morgan fingerprint density at radius 2 is 1.87 bits per heavy atom. The van der Waals surface area contributed by atoms with Crippen LogP contribution in [0.1, 0.15) is 15.9 Å². The van der Waals surface area contributed by atoms with E-state index in [0.29, 0.717) is 12.1 Å². The molecule has 1 N–H and O–H groups in total. The van der Waals surface area contributed by atoms with Crippen LogP contribution in [0, 0.1) is 0 Å². The van der Waals surface area contributed by atoms with Gasteiger partial charge in [0, 0.05) is 23.9 Å². The van der Waals surface area contributed by atoms with Gasteiger partial charge >= 0.3 is 0 Å². The van der Waals surface area contributed by atoms with Gasteiger partial charge in [0.25, 0.3) is 5.91 Å². The van der Waals surface area contributed by atoms with E-state index in [2.05, 4.69) is 9.72 Å². The maximum Gasteiger partial charge on any atom is 0.251 e. The number of ether oxygens (including phenoxy) is 1. The highest BCUT2D eigenvalue weighted by Crippen LogP contribution is 2.30. The van der Waals surface area contributed by atoms with Crippen molar-refractivity contribution in [3.63, 3.8) is 0 Å². The predicted molar refractivity (Wildman–Crippen MR) is 120 cm³/mol. The molecule has 3 aromatic carbocycles. The summed E-state index contributed by atoms with van der Waals surface area (Å²) in [5, 5.41) is 2.98. The van der Waals surface area contributed by atoms with Gasteiger partial charge in [-0.2, -0.15) is 0 Å². The number of carbonyl (C=O) groups is 1. The average molecular weight is 414 g/mol. The Hall–Kier alpha value is -3.64. The van der Waals surface area contributed by atoms with E-state index in [-0.39, 0.29) is 5.91 Å². The lowest BCUT2D eigenvalue weighted by atomic mass is 10.1. The molecule has 0 aliphatic carbocycles. The lowest BCUT2D eigenvalue weighted by Gasteiger charge is -2.05. The minimum absolute atomic E-state index is 0.0780. The predicted octanol–water partition coefficient (Wildman–Crippen LogP) is 5.15. The van der Waals surface area contributed by atoms with Crippen LogP contribution < -0.4 is 10.1 Å². The molecule has 0 aliphatic rings. The van der Waals surface area contributed by atoms with Crippen LogP contribution in [-0.4, -0.2) is 22.4 Å². The summed E-state index contributed by atoms with van der Waals surface area (Å²) < 4.78 is 8.33. The van der Waals surface area contributed by atoms with E-state index in [1.165, 1.54) is 0 Å². The highest BCUT2D eigenvalue weighted by molar-refractivity contribution is 7.23. The number of methoxy groups -OCH3 is 1. The molecule has 0 atom stereocenters. The molecule has 148 valence electrons. The first-order chi connectivity index (χ1) is 14.7. The van der Waals surface area contributed by atoms with Gasteiger partial charge < -0.3 is 10.1 Å². The number of hydrogen-bond acceptors (Lipinski definition) is 4. The zero-order chi connectivity index (χ0) is 20.5. The minimum atomic E-state index is -0.0780. The second-order valence-electron chi connectivity index (χ2n) is 6.96. The molecule has 0 bridgehead atoms. The van der Waals surface area contributed by atoms with E-state index in [9.17, 15) is 4.79 Å². The number of benzene rings is 3. The molecule has 1 amide bonds. The van der Waals surface area contributed by atoms with Crippen molar-refractivity contribution in [1.29, 1.82) is 0 Å². The van der Waals surface area contributed by atoms with Crippen LogP contribution in [-0.2, 0) is 6.54 Å². The lowest BCUT2D eigenvalue weighted by Crippen LogP contribution is -2.22. The fourth-order valence-corrected chi connectivity index (χ4v) is 4.47. The molecule has 0 aliphatic heterocycles. The van der Waals surface area contributed by atoms with Crippen molar-refractivity contribution in [1.82, 2.24) is 14.7 Å². The number of carbonyl (C=O) groups excluding carboxylic acids is 1. The van der Waals surface area contributed by atoms with Crippen molar-refractivity contribution < 1.29 is 9.53 Å². The molecule has 6 heteroatoms. The van der Waals surface area contributed by atoms with Crippen molar-refractivity contribution >= 4 is 32.4 Å². The minimum Gasteiger partial charge on any atom is -0.497 e. The number of fused-ring (bicyclic) bond motifs is 3. The van der Waals surface area contributed by atoms with Crippen LogP contribution in [0.4, 0.5) is 0 Å². The molecule has 2 aromatic heterocycles. The van der Waals surface area contributed by atoms with Crippen molar-refractivity contribution in [3.05, 3.63) is 90.1 Å². The maximum atomic E-state index is 12.6. The molecule has 0 radical (unpaired) electrons. The number of imidazole rings is 1. The van der Waals surface area contributed by atoms with Gasteiger partial charge in [-0.1, -0.05) is 41.7 Å². The molecule has 0 saturated carbocycles. The molecule has 5 rings (SSSR count). The van der Waals surface area contributed by atoms with E-state index >= 15 is 0 Å². The summed E-state index contributed by atoms with van der Waals surface area (Å²) in [5.41, 5.74) is 4.72. The molecular formula is C24H19N3O2S. The third-order valence-electron chi connectivity index (χ3n) is 5.04. The van der Waals surface area contributed by atoms with Gasteiger partial charge in [0.05, 0.1) is 23.0 Å². The van der Waals surface area contributed by atoms with E-state index in [4.69, 9.17) is 9.72 Å². The number of thiazole rings is 1. The first-order valence-electron chi connectivity index (χ1n) is 9.59. The van der Waals surface area contributed by atoms with Gasteiger partial charge in [0.15, 0.2) is 4.96 Å². The lowest BCUT2D eigenvalue weighted by molar-refractivity contribution is 0.0951. The zero-order valence-corrected chi connectivity index (χ0v) is 17.1. The molecule has 0 saturated heterocycles. The zero-order valence-electron chi connectivity index (χ0n) is 16.3. The highest BCUT2D eigenvalue weighted by Gasteiger charge is 2.13. The van der Waals surface area contributed by atoms with Crippen LogP contribution >= 0.6 is 11.3 Å². The molecule has 5 nitrogen and oxygen atoms in total. The Kier molecular flexibility index (Phi) is 4.69. The second kappa shape index (κ2) is 7.65. The SMILES string of the molecule is COc1ccc(-c2cn3c(n2)sc2cc(C(=O)NCc4ccccc4)ccc23)cc1. The van der Waals surface area contributed by atoms with Gasteiger partial charge in [-0.25, -0.2) is 4.98 Å². The van der Waals surface area contributed by atoms with Gasteiger partial charge in [0.2, 0.25) is 0 Å². The van der Waals surface area contributed by atoms with Crippen molar-refractivity contribution in [2.24, 2.45) is 0 Å². The smallest absolute Gasteiger partial charge is 0.251 e. The number of hydrogen-bond donors (Lipinski definition) is 1. The Balaban J connectivity index is 1.40. The number of amides is 1. The number of aromatic nitrogens is 2. The van der Waals surface area contributed by atoms with E-state index in [0.717, 1.165) is 37.7 Å². The molecular weight excluding hydrogens is 394 g/mol. The largest absolute Gasteiger partial charge is 0.497 e. The maximum absolute atomic E-state index is 12.6. The Morgan fingerprint density at radius 3 is 2.63 bits per heavy atom. The molecule has 0 spiro atoms. The first-order valence-corrected chi connectivity index (χ1v) is 10.4. The van der Waals surface area contributed by atoms with Gasteiger partial charge in [0.1, 0.15) is 5.75 Å². The van der Waals surface area contributed by atoms with E-state index < -0.39 is 0 Å². The summed E-state index contributed by atoms with van der Waals surface area (Å²) >= 11 is 1.58. The van der Waals surface area contributed by atoms with Crippen LogP contribution in [0.5, 0.6) is 5.75 Å². The average Bonchev–Trinajstić information content (AvgIpc) is 3.36. The van der Waals surface area contributed by atoms with Crippen molar-refractivity contribution in [3.8, 4) is 17.0 Å². The Bertz CT molecular complexity index is 1340. The molecule has 5 aromatic rings. The Labute approximate surface area is 177 Å². The molecule has 30 heavy (non-hydrogen) atoms. The van der Waals surface area contributed by atoms with Crippen LogP contribution in [0.3, 0.4) is 0 Å². The number of rotatable bonds is 5. The topological polar surface area (TPSA) is 55.6 Å². The summed E-state index contributed by atoms with van der Waals surface area (Å²) in [6, 6.07) is 23.5. The van der Waals surface area contributed by atoms with E-state index in [1.807, 2.05) is 79.0 Å². The summed E-state index contributed by atoms with van der Waals surface area (Å²) in [6.07, 6.45) is 2.03. The molecule has 0 fully saturated rings. The number of nitrogens with zero attached hydrogens (tertiary/aromatic N) is 2. The second-order valence-corrected chi connectivity index (χ2v) is 7.97. The quantitative estimate of drug-likeness (QED) is 0.433.